The van der Waals surface area contributed by atoms with Gasteiger partial charge in [-0.05, 0) is 39.1 Å². The van der Waals surface area contributed by atoms with Crippen LogP contribution < -0.4 is 0 Å². The third kappa shape index (κ3) is 3.78. The Bertz CT molecular complexity index is 659. The molecule has 8 heteroatoms. The van der Waals surface area contributed by atoms with Gasteiger partial charge in [0.2, 0.25) is 0 Å². The number of ether oxygens (including phenoxy) is 1. The minimum Gasteiger partial charge on any atom is -0.379 e. The number of hydrogen-bond acceptors (Lipinski definition) is 5. The molecule has 2 fully saturated rings. The summed E-state index contributed by atoms with van der Waals surface area (Å²) in [5.41, 5.74) is 1.82. The van der Waals surface area contributed by atoms with E-state index < -0.39 is 10.2 Å². The van der Waals surface area contributed by atoms with Crippen molar-refractivity contribution in [1.29, 1.82) is 0 Å². The van der Waals surface area contributed by atoms with Gasteiger partial charge < -0.3 is 9.64 Å². The first-order valence-corrected chi connectivity index (χ1v) is 9.83. The van der Waals surface area contributed by atoms with Gasteiger partial charge in [-0.1, -0.05) is 6.07 Å². The molecular weight excluding hydrogens is 328 g/mol. The van der Waals surface area contributed by atoms with Crippen LogP contribution in [-0.2, 0) is 21.5 Å². The fourth-order valence-electron chi connectivity index (χ4n) is 3.33. The maximum atomic E-state index is 13.0. The van der Waals surface area contributed by atoms with Gasteiger partial charge >= 0.3 is 0 Å². The van der Waals surface area contributed by atoms with E-state index in [1.807, 2.05) is 32.3 Å². The highest BCUT2D eigenvalue weighted by atomic mass is 32.2. The van der Waals surface area contributed by atoms with Gasteiger partial charge in [0.1, 0.15) is 0 Å². The zero-order valence-electron chi connectivity index (χ0n) is 14.4. The lowest BCUT2D eigenvalue weighted by Gasteiger charge is -2.32. The minimum absolute atomic E-state index is 0.167. The van der Waals surface area contributed by atoms with Crippen LogP contribution in [0.5, 0.6) is 0 Å². The number of morpholine rings is 1. The van der Waals surface area contributed by atoms with E-state index in [-0.39, 0.29) is 6.04 Å². The molecule has 3 rings (SSSR count). The van der Waals surface area contributed by atoms with Crippen molar-refractivity contribution in [1.82, 2.24) is 18.5 Å². The van der Waals surface area contributed by atoms with Gasteiger partial charge in [-0.3, -0.25) is 4.98 Å². The average Bonchev–Trinajstić information content (AvgIpc) is 3.06. The quantitative estimate of drug-likeness (QED) is 0.785. The number of aromatic nitrogens is 1. The van der Waals surface area contributed by atoms with E-state index in [1.165, 1.54) is 0 Å². The normalized spacial score (nSPS) is 23.9. The molecule has 3 heterocycles. The van der Waals surface area contributed by atoms with Crippen LogP contribution in [0.2, 0.25) is 0 Å². The zero-order chi connectivity index (χ0) is 17.2. The number of pyridine rings is 1. The molecule has 0 spiro atoms. The molecule has 1 atom stereocenters. The maximum absolute atomic E-state index is 13.0. The van der Waals surface area contributed by atoms with Gasteiger partial charge in [-0.15, -0.1) is 0 Å². The third-order valence-electron chi connectivity index (χ3n) is 4.44. The Balaban J connectivity index is 1.82. The molecule has 2 aliphatic rings. The standard InChI is InChI=1S/C16H26N4O3S/c1-18(2)13-14-5-3-6-15(17-14)16-7-4-8-20(16)24(21,22)19-9-11-23-12-10-19/h3,5-6,16H,4,7-13H2,1-2H3/t16-/m1/s1. The van der Waals surface area contributed by atoms with E-state index in [0.717, 1.165) is 30.8 Å². The molecule has 24 heavy (non-hydrogen) atoms. The summed E-state index contributed by atoms with van der Waals surface area (Å²) in [6.07, 6.45) is 1.69. The van der Waals surface area contributed by atoms with Crippen LogP contribution in [0.25, 0.3) is 0 Å². The second-order valence-electron chi connectivity index (χ2n) is 6.58. The van der Waals surface area contributed by atoms with Crippen LogP contribution in [0.4, 0.5) is 0 Å². The highest BCUT2D eigenvalue weighted by Gasteiger charge is 2.39. The Kier molecular flexibility index (Phi) is 5.51. The van der Waals surface area contributed by atoms with Gasteiger partial charge in [0.05, 0.1) is 30.6 Å². The molecule has 0 amide bonds. The average molecular weight is 354 g/mol. The van der Waals surface area contributed by atoms with Crippen LogP contribution in [0.15, 0.2) is 18.2 Å². The molecule has 0 saturated carbocycles. The smallest absolute Gasteiger partial charge is 0.282 e. The number of rotatable bonds is 5. The van der Waals surface area contributed by atoms with Crippen molar-refractivity contribution in [2.45, 2.75) is 25.4 Å². The second kappa shape index (κ2) is 7.45. The lowest BCUT2D eigenvalue weighted by molar-refractivity contribution is 0.0698. The summed E-state index contributed by atoms with van der Waals surface area (Å²) >= 11 is 0. The lowest BCUT2D eigenvalue weighted by Crippen LogP contribution is -2.48. The van der Waals surface area contributed by atoms with Crippen LogP contribution in [0, 0.1) is 0 Å². The molecule has 1 aromatic heterocycles. The Morgan fingerprint density at radius 1 is 1.25 bits per heavy atom. The van der Waals surface area contributed by atoms with E-state index >= 15 is 0 Å². The predicted octanol–water partition coefficient (Wildman–Crippen LogP) is 0.857. The Morgan fingerprint density at radius 2 is 2.00 bits per heavy atom. The summed E-state index contributed by atoms with van der Waals surface area (Å²) in [5, 5.41) is 0. The van der Waals surface area contributed by atoms with Gasteiger partial charge in [-0.2, -0.15) is 17.0 Å². The fourth-order valence-corrected chi connectivity index (χ4v) is 5.14. The predicted molar refractivity (Wildman–Crippen MR) is 91.6 cm³/mol. The molecule has 0 aromatic carbocycles. The van der Waals surface area contributed by atoms with Gasteiger partial charge in [0.25, 0.3) is 10.2 Å². The van der Waals surface area contributed by atoms with Crippen molar-refractivity contribution in [3.63, 3.8) is 0 Å². The van der Waals surface area contributed by atoms with Gasteiger partial charge in [0.15, 0.2) is 0 Å². The monoisotopic (exact) mass is 354 g/mol. The van der Waals surface area contributed by atoms with Crippen molar-refractivity contribution in [3.8, 4) is 0 Å². The summed E-state index contributed by atoms with van der Waals surface area (Å²) in [7, 11) is 0.540. The zero-order valence-corrected chi connectivity index (χ0v) is 15.2. The third-order valence-corrected chi connectivity index (χ3v) is 6.49. The van der Waals surface area contributed by atoms with E-state index in [0.29, 0.717) is 32.8 Å². The van der Waals surface area contributed by atoms with E-state index in [9.17, 15) is 8.42 Å². The maximum Gasteiger partial charge on any atom is 0.282 e. The summed E-state index contributed by atoms with van der Waals surface area (Å²) in [6.45, 7) is 3.10. The van der Waals surface area contributed by atoms with Crippen LogP contribution in [0.1, 0.15) is 30.3 Å². The first kappa shape index (κ1) is 17.8. The topological polar surface area (TPSA) is 66.0 Å². The first-order chi connectivity index (χ1) is 11.5. The summed E-state index contributed by atoms with van der Waals surface area (Å²) < 4.78 is 34.4. The largest absolute Gasteiger partial charge is 0.379 e. The molecule has 0 aliphatic carbocycles. The molecule has 0 radical (unpaired) electrons. The van der Waals surface area contributed by atoms with Crippen molar-refractivity contribution < 1.29 is 13.2 Å². The summed E-state index contributed by atoms with van der Waals surface area (Å²) in [5.74, 6) is 0. The molecule has 2 aliphatic heterocycles. The molecule has 0 unspecified atom stereocenters. The molecule has 2 saturated heterocycles. The lowest BCUT2D eigenvalue weighted by atomic mass is 10.1. The molecule has 134 valence electrons. The highest BCUT2D eigenvalue weighted by molar-refractivity contribution is 7.86. The Hall–Kier alpha value is -1.06. The SMILES string of the molecule is CN(C)Cc1cccc([C@H]2CCCN2S(=O)(=O)N2CCOCC2)n1. The van der Waals surface area contributed by atoms with Crippen LogP contribution in [0.3, 0.4) is 0 Å². The Morgan fingerprint density at radius 3 is 2.71 bits per heavy atom. The molecular formula is C16H26N4O3S. The summed E-state index contributed by atoms with van der Waals surface area (Å²) in [6, 6.07) is 5.73. The first-order valence-electron chi connectivity index (χ1n) is 8.44. The van der Waals surface area contributed by atoms with Gasteiger partial charge in [0, 0.05) is 26.2 Å². The van der Waals surface area contributed by atoms with E-state index in [1.54, 1.807) is 8.61 Å². The molecule has 0 N–H and O–H groups in total. The van der Waals surface area contributed by atoms with Crippen LogP contribution in [-0.4, -0.2) is 73.9 Å². The number of hydrogen-bond donors (Lipinski definition) is 0. The second-order valence-corrected chi connectivity index (χ2v) is 8.46. The van der Waals surface area contributed by atoms with Crippen molar-refractivity contribution >= 4 is 10.2 Å². The van der Waals surface area contributed by atoms with Crippen molar-refractivity contribution in [2.75, 3.05) is 46.9 Å². The minimum atomic E-state index is -3.46. The van der Waals surface area contributed by atoms with Gasteiger partial charge in [-0.25, -0.2) is 0 Å². The van der Waals surface area contributed by atoms with E-state index in [2.05, 4.69) is 4.90 Å². The van der Waals surface area contributed by atoms with E-state index in [4.69, 9.17) is 9.72 Å². The number of nitrogens with zero attached hydrogens (tertiary/aromatic N) is 4. The molecule has 0 bridgehead atoms. The fraction of sp³-hybridized carbons (Fsp3) is 0.688. The molecule has 7 nitrogen and oxygen atoms in total. The van der Waals surface area contributed by atoms with Crippen molar-refractivity contribution in [3.05, 3.63) is 29.6 Å². The molecule has 1 aromatic rings. The Labute approximate surface area is 144 Å². The van der Waals surface area contributed by atoms with Crippen molar-refractivity contribution in [2.24, 2.45) is 0 Å². The highest BCUT2D eigenvalue weighted by Crippen LogP contribution is 2.34. The summed E-state index contributed by atoms with van der Waals surface area (Å²) in [4.78, 5) is 6.77. The van der Waals surface area contributed by atoms with Crippen LogP contribution >= 0.6 is 0 Å².